The Morgan fingerprint density at radius 3 is 2.65 bits per heavy atom. The summed E-state index contributed by atoms with van der Waals surface area (Å²) in [4.78, 5) is 10.9. The maximum Gasteiger partial charge on any atom is 0.208 e. The molecule has 26 heavy (non-hydrogen) atoms. The van der Waals surface area contributed by atoms with Crippen LogP contribution in [0.1, 0.15) is 17.7 Å². The van der Waals surface area contributed by atoms with Gasteiger partial charge in [-0.2, -0.15) is 0 Å². The monoisotopic (exact) mass is 350 g/mol. The van der Waals surface area contributed by atoms with E-state index in [1.54, 1.807) is 7.11 Å². The first-order chi connectivity index (χ1) is 12.7. The van der Waals surface area contributed by atoms with Crippen LogP contribution in [-0.2, 0) is 11.3 Å². The number of nitrogens with zero attached hydrogens (tertiary/aromatic N) is 4. The van der Waals surface area contributed by atoms with Gasteiger partial charge in [0.1, 0.15) is 12.4 Å². The van der Waals surface area contributed by atoms with Gasteiger partial charge in [0.05, 0.1) is 17.2 Å². The van der Waals surface area contributed by atoms with Gasteiger partial charge in [0.15, 0.2) is 5.83 Å². The molecule has 0 fully saturated rings. The summed E-state index contributed by atoms with van der Waals surface area (Å²) in [6, 6.07) is 15.7. The highest BCUT2D eigenvalue weighted by Gasteiger charge is 2.26. The van der Waals surface area contributed by atoms with Crippen molar-refractivity contribution < 1.29 is 9.13 Å². The number of aromatic nitrogens is 2. The minimum atomic E-state index is -0.477. The van der Waals surface area contributed by atoms with E-state index in [0.717, 1.165) is 28.1 Å². The van der Waals surface area contributed by atoms with E-state index in [-0.39, 0.29) is 5.83 Å². The van der Waals surface area contributed by atoms with Crippen LogP contribution in [-0.4, -0.2) is 22.9 Å². The minimum Gasteiger partial charge on any atom is -0.377 e. The third kappa shape index (κ3) is 2.88. The van der Waals surface area contributed by atoms with Crippen LogP contribution in [0.3, 0.4) is 0 Å². The molecule has 2 aromatic carbocycles. The van der Waals surface area contributed by atoms with Crippen molar-refractivity contribution in [1.29, 1.82) is 0 Å². The lowest BCUT2D eigenvalue weighted by atomic mass is 10.2. The molecule has 0 bridgehead atoms. The first-order valence-corrected chi connectivity index (χ1v) is 8.37. The molecular formula is C20H19FN4O. The Kier molecular flexibility index (Phi) is 4.26. The molecule has 0 aliphatic carbocycles. The van der Waals surface area contributed by atoms with Gasteiger partial charge in [-0.1, -0.05) is 29.8 Å². The van der Waals surface area contributed by atoms with Crippen molar-refractivity contribution in [2.75, 3.05) is 12.0 Å². The molecule has 0 saturated carbocycles. The molecule has 1 aromatic heterocycles. The van der Waals surface area contributed by atoms with E-state index in [1.165, 1.54) is 12.4 Å². The minimum absolute atomic E-state index is 0.342. The second kappa shape index (κ2) is 6.72. The number of hydrogen-bond acceptors (Lipinski definition) is 4. The predicted molar refractivity (Wildman–Crippen MR) is 101 cm³/mol. The van der Waals surface area contributed by atoms with Gasteiger partial charge in [-0.15, -0.1) is 0 Å². The molecule has 1 aliphatic rings. The van der Waals surface area contributed by atoms with Crippen molar-refractivity contribution in [3.8, 4) is 0 Å². The van der Waals surface area contributed by atoms with Crippen molar-refractivity contribution >= 4 is 22.9 Å². The van der Waals surface area contributed by atoms with Crippen LogP contribution in [0.4, 0.5) is 10.1 Å². The summed E-state index contributed by atoms with van der Waals surface area (Å²) in [6.07, 6.45) is 2.24. The van der Waals surface area contributed by atoms with Gasteiger partial charge < -0.3 is 9.64 Å². The molecule has 0 N–H and O–H groups in total. The smallest absolute Gasteiger partial charge is 0.208 e. The van der Waals surface area contributed by atoms with Crippen molar-refractivity contribution in [2.45, 2.75) is 19.8 Å². The Bertz CT molecular complexity index is 991. The first kappa shape index (κ1) is 16.5. The molecule has 1 atom stereocenters. The number of allylic oxidation sites excluding steroid dienone is 1. The number of methoxy groups -OCH3 is 1. The lowest BCUT2D eigenvalue weighted by Crippen LogP contribution is -2.30. The fourth-order valence-corrected chi connectivity index (χ4v) is 3.14. The number of benzene rings is 2. The molecule has 5 nitrogen and oxygen atoms in total. The van der Waals surface area contributed by atoms with Gasteiger partial charge in [0.25, 0.3) is 0 Å². The van der Waals surface area contributed by atoms with E-state index in [9.17, 15) is 4.39 Å². The summed E-state index contributed by atoms with van der Waals surface area (Å²) in [5, 5.41) is 0. The quantitative estimate of drug-likeness (QED) is 0.703. The lowest BCUT2D eigenvalue weighted by Gasteiger charge is -2.32. The van der Waals surface area contributed by atoms with Crippen molar-refractivity contribution in [3.63, 3.8) is 0 Å². The maximum absolute atomic E-state index is 14.0. The van der Waals surface area contributed by atoms with Crippen molar-refractivity contribution in [3.05, 3.63) is 71.9 Å². The summed E-state index contributed by atoms with van der Waals surface area (Å²) >= 11 is 0. The number of para-hydroxylation sites is 2. The molecule has 132 valence electrons. The highest BCUT2D eigenvalue weighted by atomic mass is 19.1. The van der Waals surface area contributed by atoms with Gasteiger partial charge in [0.2, 0.25) is 6.29 Å². The topological polar surface area (TPSA) is 42.6 Å². The summed E-state index contributed by atoms with van der Waals surface area (Å²) in [7, 11) is 1.63. The molecule has 4 rings (SSSR count). The molecule has 2 heterocycles. The van der Waals surface area contributed by atoms with Crippen LogP contribution < -0.4 is 4.90 Å². The SMILES string of the molecule is COCc1nc2ccccc2n1C1N=CC(F)=CN1c1ccc(C)cc1. The highest BCUT2D eigenvalue weighted by Crippen LogP contribution is 2.32. The molecule has 0 radical (unpaired) electrons. The van der Waals surface area contributed by atoms with E-state index < -0.39 is 6.29 Å². The lowest BCUT2D eigenvalue weighted by molar-refractivity contribution is 0.173. The number of aryl methyl sites for hydroxylation is 1. The van der Waals surface area contributed by atoms with Gasteiger partial charge in [-0.3, -0.25) is 4.57 Å². The van der Waals surface area contributed by atoms with Crippen LogP contribution in [0.5, 0.6) is 0 Å². The standard InChI is InChI=1S/C20H19FN4O/c1-14-7-9-16(10-8-14)24-12-15(21)11-22-20(24)25-18-6-4-3-5-17(18)23-19(25)13-26-2/h3-12,20H,13H2,1-2H3. The second-order valence-electron chi connectivity index (χ2n) is 6.20. The van der Waals surface area contributed by atoms with Crippen molar-refractivity contribution in [2.24, 2.45) is 4.99 Å². The molecule has 0 amide bonds. The van der Waals surface area contributed by atoms with E-state index in [2.05, 4.69) is 9.98 Å². The predicted octanol–water partition coefficient (Wildman–Crippen LogP) is 4.35. The molecule has 0 spiro atoms. The fraction of sp³-hybridized carbons (Fsp3) is 0.200. The third-order valence-corrected chi connectivity index (χ3v) is 4.35. The summed E-state index contributed by atoms with van der Waals surface area (Å²) in [5.41, 5.74) is 3.78. The third-order valence-electron chi connectivity index (χ3n) is 4.35. The number of anilines is 1. The Morgan fingerprint density at radius 2 is 1.88 bits per heavy atom. The van der Waals surface area contributed by atoms with Gasteiger partial charge >= 0.3 is 0 Å². The maximum atomic E-state index is 14.0. The average molecular weight is 350 g/mol. The molecular weight excluding hydrogens is 331 g/mol. The number of rotatable bonds is 4. The van der Waals surface area contributed by atoms with E-state index in [1.807, 2.05) is 64.9 Å². The van der Waals surface area contributed by atoms with Crippen LogP contribution in [0.15, 0.2) is 65.6 Å². The number of imidazole rings is 1. The average Bonchev–Trinajstić information content (AvgIpc) is 3.01. The summed E-state index contributed by atoms with van der Waals surface area (Å²) < 4.78 is 21.3. The molecule has 1 aliphatic heterocycles. The normalized spacial score (nSPS) is 17.0. The number of ether oxygens (including phenoxy) is 1. The second-order valence-corrected chi connectivity index (χ2v) is 6.20. The Labute approximate surface area is 151 Å². The van der Waals surface area contributed by atoms with Gasteiger partial charge in [-0.25, -0.2) is 14.4 Å². The van der Waals surface area contributed by atoms with Crippen LogP contribution in [0.25, 0.3) is 11.0 Å². The zero-order valence-electron chi connectivity index (χ0n) is 14.6. The van der Waals surface area contributed by atoms with E-state index in [4.69, 9.17) is 4.74 Å². The number of fused-ring (bicyclic) bond motifs is 1. The van der Waals surface area contributed by atoms with Crippen LogP contribution in [0.2, 0.25) is 0 Å². The van der Waals surface area contributed by atoms with Gasteiger partial charge in [0, 0.05) is 19.0 Å². The van der Waals surface area contributed by atoms with E-state index >= 15 is 0 Å². The molecule has 1 unspecified atom stereocenters. The Hall–Kier alpha value is -2.99. The van der Waals surface area contributed by atoms with Crippen molar-refractivity contribution in [1.82, 2.24) is 9.55 Å². The first-order valence-electron chi connectivity index (χ1n) is 8.37. The highest BCUT2D eigenvalue weighted by molar-refractivity contribution is 5.80. The number of aliphatic imine (C=N–C) groups is 1. The fourth-order valence-electron chi connectivity index (χ4n) is 3.14. The molecule has 6 heteroatoms. The number of hydrogen-bond donors (Lipinski definition) is 0. The molecule has 0 saturated heterocycles. The Balaban J connectivity index is 1.87. The molecule has 3 aromatic rings. The van der Waals surface area contributed by atoms with E-state index in [0.29, 0.717) is 6.61 Å². The van der Waals surface area contributed by atoms with Crippen LogP contribution >= 0.6 is 0 Å². The zero-order valence-corrected chi connectivity index (χ0v) is 14.6. The Morgan fingerprint density at radius 1 is 1.12 bits per heavy atom. The largest absolute Gasteiger partial charge is 0.377 e. The zero-order chi connectivity index (χ0) is 18.1. The van der Waals surface area contributed by atoms with Gasteiger partial charge in [-0.05, 0) is 31.2 Å². The summed E-state index contributed by atoms with van der Waals surface area (Å²) in [6.45, 7) is 2.36. The van der Waals surface area contributed by atoms with Crippen LogP contribution in [0, 0.1) is 6.92 Å². The number of halogens is 1. The summed E-state index contributed by atoms with van der Waals surface area (Å²) in [5.74, 6) is 0.350.